The van der Waals surface area contributed by atoms with Crippen molar-refractivity contribution in [3.05, 3.63) is 108 Å². The van der Waals surface area contributed by atoms with Crippen molar-refractivity contribution in [2.45, 2.75) is 38.5 Å². The van der Waals surface area contributed by atoms with E-state index in [1.54, 1.807) is 42.7 Å². The molecule has 0 radical (unpaired) electrons. The maximum absolute atomic E-state index is 5.58. The van der Waals surface area contributed by atoms with Gasteiger partial charge < -0.3 is 28.4 Å². The first-order chi connectivity index (χ1) is 25.5. The standard InChI is InChI=1S/C42H48N4O6.4ClH/c1-47-37-21-32(22-38(48-2)41(37)51-5)35-13-12-31(25-44-35)28-46(27-29-10-8-7-9-11-29)34-15-18-45(19-16-34)26-30-14-17-43-36(20-30)33-23-39(49-3)42(52-6)40(24-33)50-4;;;;/h7-14,17,20-25,34H,15-16,18-19,26-28H2,1-6H3;4*1H. The first-order valence-corrected chi connectivity index (χ1v) is 17.5. The Labute approximate surface area is 355 Å². The molecule has 2 aromatic heterocycles. The average Bonchev–Trinajstić information content (AvgIpc) is 3.20. The molecule has 1 aliphatic rings. The smallest absolute Gasteiger partial charge is 0.203 e. The first kappa shape index (κ1) is 48.0. The Morgan fingerprint density at radius 1 is 0.554 bits per heavy atom. The summed E-state index contributed by atoms with van der Waals surface area (Å²) < 4.78 is 33.3. The highest BCUT2D eigenvalue weighted by atomic mass is 35.5. The highest BCUT2D eigenvalue weighted by molar-refractivity contribution is 5.86. The predicted octanol–water partition coefficient (Wildman–Crippen LogP) is 9.22. The van der Waals surface area contributed by atoms with Crippen LogP contribution >= 0.6 is 49.6 Å². The van der Waals surface area contributed by atoms with Gasteiger partial charge in [-0.3, -0.25) is 19.8 Å². The van der Waals surface area contributed by atoms with Gasteiger partial charge in [0, 0.05) is 49.2 Å². The van der Waals surface area contributed by atoms with Crippen LogP contribution in [0.3, 0.4) is 0 Å². The van der Waals surface area contributed by atoms with Crippen molar-refractivity contribution in [3.63, 3.8) is 0 Å². The number of pyridine rings is 2. The highest BCUT2D eigenvalue weighted by Crippen LogP contribution is 2.42. The zero-order chi connectivity index (χ0) is 36.5. The Morgan fingerprint density at radius 2 is 1.07 bits per heavy atom. The van der Waals surface area contributed by atoms with Crippen LogP contribution in [0.5, 0.6) is 34.5 Å². The molecule has 10 nitrogen and oxygen atoms in total. The lowest BCUT2D eigenvalue weighted by atomic mass is 10.00. The summed E-state index contributed by atoms with van der Waals surface area (Å²) in [5.74, 6) is 3.55. The van der Waals surface area contributed by atoms with Crippen LogP contribution < -0.4 is 28.4 Å². The number of nitrogens with zero attached hydrogens (tertiary/aromatic N) is 4. The van der Waals surface area contributed by atoms with Crippen molar-refractivity contribution < 1.29 is 28.4 Å². The van der Waals surface area contributed by atoms with Gasteiger partial charge in [0.1, 0.15) is 0 Å². The summed E-state index contributed by atoms with van der Waals surface area (Å²) >= 11 is 0. The third-order valence-corrected chi connectivity index (χ3v) is 9.66. The van der Waals surface area contributed by atoms with E-state index < -0.39 is 0 Å². The summed E-state index contributed by atoms with van der Waals surface area (Å²) in [6, 6.07) is 27.4. The third-order valence-electron chi connectivity index (χ3n) is 9.66. The van der Waals surface area contributed by atoms with E-state index in [1.807, 2.05) is 36.7 Å². The number of hydrogen-bond donors (Lipinski definition) is 0. The van der Waals surface area contributed by atoms with Crippen LogP contribution in [0.4, 0.5) is 0 Å². The molecule has 0 amide bonds. The van der Waals surface area contributed by atoms with Crippen LogP contribution in [0.2, 0.25) is 0 Å². The second-order valence-electron chi connectivity index (χ2n) is 12.8. The molecule has 0 N–H and O–H groups in total. The summed E-state index contributed by atoms with van der Waals surface area (Å²) in [7, 11) is 9.71. The average molecular weight is 851 g/mol. The second-order valence-corrected chi connectivity index (χ2v) is 12.8. The molecule has 0 aliphatic carbocycles. The summed E-state index contributed by atoms with van der Waals surface area (Å²) in [4.78, 5) is 14.7. The molecular formula is C42H52Cl4N4O6. The maximum Gasteiger partial charge on any atom is 0.203 e. The van der Waals surface area contributed by atoms with Gasteiger partial charge >= 0.3 is 0 Å². The molecule has 3 heterocycles. The van der Waals surface area contributed by atoms with Crippen molar-refractivity contribution >= 4 is 49.6 Å². The van der Waals surface area contributed by atoms with Gasteiger partial charge in [-0.1, -0.05) is 36.4 Å². The molecule has 5 aromatic rings. The number of aromatic nitrogens is 2. The Bertz CT molecular complexity index is 1880. The minimum Gasteiger partial charge on any atom is -0.493 e. The van der Waals surface area contributed by atoms with Crippen LogP contribution in [0.1, 0.15) is 29.5 Å². The van der Waals surface area contributed by atoms with Crippen molar-refractivity contribution in [1.29, 1.82) is 0 Å². The molecule has 1 aliphatic heterocycles. The summed E-state index contributed by atoms with van der Waals surface area (Å²) in [6.45, 7) is 4.57. The number of rotatable bonds is 15. The van der Waals surface area contributed by atoms with E-state index in [4.69, 9.17) is 33.4 Å². The van der Waals surface area contributed by atoms with Crippen molar-refractivity contribution in [3.8, 4) is 57.0 Å². The molecule has 1 saturated heterocycles. The zero-order valence-electron chi connectivity index (χ0n) is 32.6. The predicted molar refractivity (Wildman–Crippen MR) is 232 cm³/mol. The van der Waals surface area contributed by atoms with E-state index in [9.17, 15) is 0 Å². The molecule has 0 bridgehead atoms. The molecule has 1 fully saturated rings. The van der Waals surface area contributed by atoms with Crippen LogP contribution in [0.15, 0.2) is 91.3 Å². The van der Waals surface area contributed by atoms with E-state index in [0.29, 0.717) is 40.5 Å². The largest absolute Gasteiger partial charge is 0.493 e. The fourth-order valence-corrected chi connectivity index (χ4v) is 6.94. The quantitative estimate of drug-likeness (QED) is 0.102. The number of methoxy groups -OCH3 is 6. The molecular weight excluding hydrogens is 798 g/mol. The van der Waals surface area contributed by atoms with Crippen LogP contribution in [-0.2, 0) is 19.6 Å². The number of benzene rings is 3. The maximum atomic E-state index is 5.58. The van der Waals surface area contributed by atoms with Gasteiger partial charge in [-0.15, -0.1) is 49.6 Å². The van der Waals surface area contributed by atoms with Crippen molar-refractivity contribution in [2.24, 2.45) is 0 Å². The Hall–Kier alpha value is -4.16. The molecule has 0 spiro atoms. The number of piperidine rings is 1. The first-order valence-electron chi connectivity index (χ1n) is 17.5. The monoisotopic (exact) mass is 848 g/mol. The molecule has 14 heteroatoms. The molecule has 56 heavy (non-hydrogen) atoms. The van der Waals surface area contributed by atoms with Crippen LogP contribution in [-0.4, -0.2) is 81.6 Å². The number of hydrogen-bond acceptors (Lipinski definition) is 10. The lowest BCUT2D eigenvalue weighted by Gasteiger charge is -2.39. The van der Waals surface area contributed by atoms with Gasteiger partial charge in [0.2, 0.25) is 11.5 Å². The Kier molecular flexibility index (Phi) is 19.8. The lowest BCUT2D eigenvalue weighted by molar-refractivity contribution is 0.0932. The molecule has 0 unspecified atom stereocenters. The molecule has 304 valence electrons. The topological polar surface area (TPSA) is 87.6 Å². The van der Waals surface area contributed by atoms with E-state index in [-0.39, 0.29) is 49.6 Å². The fourth-order valence-electron chi connectivity index (χ4n) is 6.94. The van der Waals surface area contributed by atoms with Crippen LogP contribution in [0.25, 0.3) is 22.5 Å². The van der Waals surface area contributed by atoms with E-state index >= 15 is 0 Å². The van der Waals surface area contributed by atoms with Crippen molar-refractivity contribution in [2.75, 3.05) is 55.7 Å². The third kappa shape index (κ3) is 11.5. The van der Waals surface area contributed by atoms with Gasteiger partial charge in [-0.05, 0) is 85.1 Å². The molecule has 0 atom stereocenters. The molecule has 6 rings (SSSR count). The highest BCUT2D eigenvalue weighted by Gasteiger charge is 2.26. The van der Waals surface area contributed by atoms with E-state index in [2.05, 4.69) is 69.4 Å². The Morgan fingerprint density at radius 3 is 1.55 bits per heavy atom. The number of ether oxygens (including phenoxy) is 6. The zero-order valence-corrected chi connectivity index (χ0v) is 35.8. The van der Waals surface area contributed by atoms with Crippen LogP contribution in [0, 0.1) is 0 Å². The normalized spacial score (nSPS) is 12.6. The van der Waals surface area contributed by atoms with Gasteiger partial charge in [0.25, 0.3) is 0 Å². The van der Waals surface area contributed by atoms with E-state index in [0.717, 1.165) is 68.1 Å². The Balaban J connectivity index is 0.00000271. The summed E-state index contributed by atoms with van der Waals surface area (Å²) in [5.41, 5.74) is 7.23. The second kappa shape index (κ2) is 23.2. The van der Waals surface area contributed by atoms with Crippen molar-refractivity contribution in [1.82, 2.24) is 19.8 Å². The van der Waals surface area contributed by atoms with Gasteiger partial charge in [0.15, 0.2) is 23.0 Å². The number of halogens is 4. The summed E-state index contributed by atoms with van der Waals surface area (Å²) in [6.07, 6.45) is 6.02. The van der Waals surface area contributed by atoms with Gasteiger partial charge in [0.05, 0.1) is 54.0 Å². The summed E-state index contributed by atoms with van der Waals surface area (Å²) in [5, 5.41) is 0. The molecule has 3 aromatic carbocycles. The molecule has 0 saturated carbocycles. The number of likely N-dealkylation sites (tertiary alicyclic amines) is 1. The fraction of sp³-hybridized carbons (Fsp3) is 0.333. The van der Waals surface area contributed by atoms with Gasteiger partial charge in [-0.25, -0.2) is 0 Å². The lowest BCUT2D eigenvalue weighted by Crippen LogP contribution is -2.44. The SMILES string of the molecule is COc1cc(-c2ccc(CN(Cc3ccccc3)C3CCN(Cc4ccnc(-c5cc(OC)c(OC)c(OC)c5)c4)CC3)cn2)cc(OC)c1OC.Cl.Cl.Cl.Cl. The minimum atomic E-state index is 0. The minimum absolute atomic E-state index is 0. The van der Waals surface area contributed by atoms with E-state index in [1.165, 1.54) is 16.7 Å². The van der Waals surface area contributed by atoms with Gasteiger partial charge in [-0.2, -0.15) is 0 Å².